The van der Waals surface area contributed by atoms with E-state index in [4.69, 9.17) is 18.9 Å². The molecular formula is C24H30N2O7S2. The van der Waals surface area contributed by atoms with Gasteiger partial charge in [-0.05, 0) is 49.7 Å². The summed E-state index contributed by atoms with van der Waals surface area (Å²) in [5.41, 5.74) is 0.769. The molecule has 9 nitrogen and oxygen atoms in total. The monoisotopic (exact) mass is 522 g/mol. The highest BCUT2D eigenvalue weighted by Crippen LogP contribution is 2.35. The number of thiazole rings is 1. The lowest BCUT2D eigenvalue weighted by Crippen LogP contribution is -2.20. The van der Waals surface area contributed by atoms with Gasteiger partial charge in [-0.15, -0.1) is 0 Å². The first-order valence-electron chi connectivity index (χ1n) is 11.1. The van der Waals surface area contributed by atoms with Gasteiger partial charge in [0.05, 0.1) is 38.6 Å². The minimum Gasteiger partial charge on any atom is -0.497 e. The van der Waals surface area contributed by atoms with E-state index in [1.54, 1.807) is 38.5 Å². The quantitative estimate of drug-likeness (QED) is 0.336. The molecular weight excluding hydrogens is 492 g/mol. The number of methoxy groups -OCH3 is 3. The number of aromatic nitrogens is 1. The molecule has 0 spiro atoms. The number of ether oxygens (including phenoxy) is 4. The summed E-state index contributed by atoms with van der Waals surface area (Å²) in [5.74, 6) is 1.30. The van der Waals surface area contributed by atoms with Gasteiger partial charge >= 0.3 is 0 Å². The highest BCUT2D eigenvalue weighted by atomic mass is 32.2. The van der Waals surface area contributed by atoms with E-state index in [9.17, 15) is 13.2 Å². The largest absolute Gasteiger partial charge is 0.497 e. The fourth-order valence-corrected chi connectivity index (χ4v) is 6.02. The van der Waals surface area contributed by atoms with Crippen molar-refractivity contribution in [3.05, 3.63) is 41.2 Å². The first-order chi connectivity index (χ1) is 16.8. The third-order valence-corrected chi connectivity index (χ3v) is 8.21. The summed E-state index contributed by atoms with van der Waals surface area (Å²) in [6.45, 7) is 3.38. The molecule has 0 unspecified atom stereocenters. The van der Waals surface area contributed by atoms with Crippen molar-refractivity contribution >= 4 is 37.3 Å². The molecule has 190 valence electrons. The Morgan fingerprint density at radius 1 is 1.00 bits per heavy atom. The Balaban J connectivity index is 1.83. The van der Waals surface area contributed by atoms with Crippen LogP contribution in [0.3, 0.4) is 0 Å². The maximum Gasteiger partial charge on any atom is 0.248 e. The van der Waals surface area contributed by atoms with E-state index in [0.717, 1.165) is 10.2 Å². The van der Waals surface area contributed by atoms with Gasteiger partial charge in [0.1, 0.15) is 27.5 Å². The molecule has 0 aliphatic carbocycles. The molecule has 0 atom stereocenters. The predicted octanol–water partition coefficient (Wildman–Crippen LogP) is 3.45. The van der Waals surface area contributed by atoms with E-state index < -0.39 is 15.7 Å². The van der Waals surface area contributed by atoms with Crippen LogP contribution in [0.15, 0.2) is 46.3 Å². The molecule has 0 N–H and O–H groups in total. The fourth-order valence-electron chi connectivity index (χ4n) is 3.52. The number of rotatable bonds is 12. The van der Waals surface area contributed by atoms with Crippen molar-refractivity contribution in [2.45, 2.75) is 31.2 Å². The number of benzene rings is 2. The van der Waals surface area contributed by atoms with Gasteiger partial charge in [-0.3, -0.25) is 4.79 Å². The Hall–Kier alpha value is -2.89. The highest BCUT2D eigenvalue weighted by molar-refractivity contribution is 7.91. The van der Waals surface area contributed by atoms with E-state index >= 15 is 0 Å². The molecule has 1 amide bonds. The molecule has 1 aromatic heterocycles. The van der Waals surface area contributed by atoms with E-state index in [1.165, 1.54) is 30.6 Å². The second-order valence-corrected chi connectivity index (χ2v) is 10.6. The molecule has 0 fully saturated rings. The molecule has 0 saturated carbocycles. The van der Waals surface area contributed by atoms with Crippen LogP contribution in [0.25, 0.3) is 10.2 Å². The molecule has 0 saturated heterocycles. The average Bonchev–Trinajstić information content (AvgIpc) is 3.21. The molecule has 11 heteroatoms. The van der Waals surface area contributed by atoms with Crippen LogP contribution < -0.4 is 19.0 Å². The zero-order valence-electron chi connectivity index (χ0n) is 20.3. The van der Waals surface area contributed by atoms with Gasteiger partial charge in [0.25, 0.3) is 0 Å². The van der Waals surface area contributed by atoms with Crippen molar-refractivity contribution in [1.29, 1.82) is 0 Å². The number of fused-ring (bicyclic) bond motifs is 1. The van der Waals surface area contributed by atoms with E-state index in [0.29, 0.717) is 41.8 Å². The topological polar surface area (TPSA) is 105 Å². The molecule has 35 heavy (non-hydrogen) atoms. The lowest BCUT2D eigenvalue weighted by Gasteiger charge is -2.10. The normalized spacial score (nSPS) is 12.2. The van der Waals surface area contributed by atoms with Crippen LogP contribution in [0.4, 0.5) is 0 Å². The lowest BCUT2D eigenvalue weighted by molar-refractivity contribution is -0.118. The Labute approximate surface area is 208 Å². The van der Waals surface area contributed by atoms with Crippen LogP contribution in [0.5, 0.6) is 17.2 Å². The SMILES string of the molecule is CCOCCn1c(=NC(=O)CCCS(=O)(=O)c2ccc(OC)cc2)sc2c(OC)ccc(OC)c21. The zero-order chi connectivity index (χ0) is 25.4. The van der Waals surface area contributed by atoms with Gasteiger partial charge in [0.15, 0.2) is 14.6 Å². The first-order valence-corrected chi connectivity index (χ1v) is 13.6. The van der Waals surface area contributed by atoms with Crippen molar-refractivity contribution in [2.24, 2.45) is 4.99 Å². The van der Waals surface area contributed by atoms with E-state index in [-0.39, 0.29) is 23.5 Å². The molecule has 3 rings (SSSR count). The van der Waals surface area contributed by atoms with Crippen molar-refractivity contribution in [1.82, 2.24) is 4.57 Å². The van der Waals surface area contributed by atoms with Crippen LogP contribution in [-0.4, -0.2) is 59.2 Å². The molecule has 0 aliphatic rings. The summed E-state index contributed by atoms with van der Waals surface area (Å²) >= 11 is 1.32. The maximum atomic E-state index is 12.7. The lowest BCUT2D eigenvalue weighted by atomic mass is 10.3. The van der Waals surface area contributed by atoms with Gasteiger partial charge in [-0.25, -0.2) is 8.42 Å². The molecule has 3 aromatic rings. The molecule has 0 aliphatic heterocycles. The molecule has 0 bridgehead atoms. The number of hydrogen-bond donors (Lipinski definition) is 0. The minimum atomic E-state index is -3.52. The van der Waals surface area contributed by atoms with Crippen LogP contribution in [0, 0.1) is 0 Å². The van der Waals surface area contributed by atoms with Crippen molar-refractivity contribution in [2.75, 3.05) is 40.3 Å². The smallest absolute Gasteiger partial charge is 0.248 e. The summed E-state index contributed by atoms with van der Waals surface area (Å²) in [6, 6.07) is 9.80. The van der Waals surface area contributed by atoms with Gasteiger partial charge in [0.2, 0.25) is 5.91 Å². The average molecular weight is 523 g/mol. The zero-order valence-corrected chi connectivity index (χ0v) is 21.9. The minimum absolute atomic E-state index is 0.00333. The maximum absolute atomic E-state index is 12.7. The second kappa shape index (κ2) is 12.2. The summed E-state index contributed by atoms with van der Waals surface area (Å²) in [5, 5.41) is 0. The second-order valence-electron chi connectivity index (χ2n) is 7.48. The number of hydrogen-bond acceptors (Lipinski definition) is 8. The Kier molecular flexibility index (Phi) is 9.30. The van der Waals surface area contributed by atoms with Crippen LogP contribution in [-0.2, 0) is 25.9 Å². The molecule has 0 radical (unpaired) electrons. The predicted molar refractivity (Wildman–Crippen MR) is 134 cm³/mol. The highest BCUT2D eigenvalue weighted by Gasteiger charge is 2.18. The van der Waals surface area contributed by atoms with Crippen LogP contribution in [0.1, 0.15) is 19.8 Å². The van der Waals surface area contributed by atoms with Gasteiger partial charge < -0.3 is 23.5 Å². The third kappa shape index (κ3) is 6.41. The van der Waals surface area contributed by atoms with Crippen molar-refractivity contribution in [3.63, 3.8) is 0 Å². The summed E-state index contributed by atoms with van der Waals surface area (Å²) in [7, 11) is 1.16. The summed E-state index contributed by atoms with van der Waals surface area (Å²) in [6.07, 6.45) is 0.163. The van der Waals surface area contributed by atoms with Crippen molar-refractivity contribution in [3.8, 4) is 17.2 Å². The van der Waals surface area contributed by atoms with E-state index in [1.807, 2.05) is 11.5 Å². The van der Waals surface area contributed by atoms with Gasteiger partial charge in [0, 0.05) is 19.6 Å². The summed E-state index contributed by atoms with van der Waals surface area (Å²) in [4.78, 5) is 17.7. The number of nitrogens with zero attached hydrogens (tertiary/aromatic N) is 2. The standard InChI is InChI=1S/C24H30N2O7S2/c1-5-33-15-14-26-22-19(31-3)12-13-20(32-4)23(22)34-24(26)25-21(27)7-6-16-35(28,29)18-10-8-17(30-2)9-11-18/h8-13H,5-7,14-16H2,1-4H3. The first kappa shape index (κ1) is 26.7. The number of carbonyl (C=O) groups is 1. The number of sulfone groups is 1. The Morgan fingerprint density at radius 3 is 2.31 bits per heavy atom. The fraction of sp³-hybridized carbons (Fsp3) is 0.417. The number of carbonyl (C=O) groups excluding carboxylic acids is 1. The van der Waals surface area contributed by atoms with Crippen molar-refractivity contribution < 1.29 is 32.2 Å². The van der Waals surface area contributed by atoms with Gasteiger partial charge in [-0.1, -0.05) is 11.3 Å². The Morgan fingerprint density at radius 2 is 1.69 bits per heavy atom. The summed E-state index contributed by atoms with van der Waals surface area (Å²) < 4.78 is 49.5. The third-order valence-electron chi connectivity index (χ3n) is 5.30. The van der Waals surface area contributed by atoms with E-state index in [2.05, 4.69) is 4.99 Å². The van der Waals surface area contributed by atoms with Crippen LogP contribution >= 0.6 is 11.3 Å². The van der Waals surface area contributed by atoms with Crippen LogP contribution in [0.2, 0.25) is 0 Å². The molecule has 2 aromatic carbocycles. The van der Waals surface area contributed by atoms with Gasteiger partial charge in [-0.2, -0.15) is 4.99 Å². The number of amides is 1. The molecule has 1 heterocycles. The Bertz CT molecular complexity index is 1330.